The summed E-state index contributed by atoms with van der Waals surface area (Å²) in [5.74, 6) is 0. The number of pyridine rings is 1. The number of aromatic nitrogens is 1. The van der Waals surface area contributed by atoms with Crippen LogP contribution < -0.4 is 26.7 Å². The zero-order valence-corrected chi connectivity index (χ0v) is 10.1. The van der Waals surface area contributed by atoms with Gasteiger partial charge in [0.05, 0.1) is 22.7 Å². The van der Waals surface area contributed by atoms with E-state index in [-0.39, 0.29) is 6.29 Å². The molecule has 1 aliphatic heterocycles. The first-order valence-electron chi connectivity index (χ1n) is 5.83. The number of benzene rings is 1. The molecule has 1 aliphatic rings. The minimum Gasteiger partial charge on any atom is -0.397 e. The lowest BCUT2D eigenvalue weighted by Gasteiger charge is -2.06. The molecular weight excluding hydrogens is 226 g/mol. The van der Waals surface area contributed by atoms with Crippen molar-refractivity contribution in [2.75, 3.05) is 22.1 Å². The van der Waals surface area contributed by atoms with Crippen molar-refractivity contribution in [2.24, 2.45) is 0 Å². The van der Waals surface area contributed by atoms with Crippen molar-refractivity contribution in [3.63, 3.8) is 0 Å². The summed E-state index contributed by atoms with van der Waals surface area (Å²) in [6.07, 6.45) is 4.04. The maximum absolute atomic E-state index is 5.80. The SMILES string of the molecule is Cc1cc[n+](C2Nc3cc(N)c(N)cc3N2)cc1. The zero-order chi connectivity index (χ0) is 12.7. The second-order valence-electron chi connectivity index (χ2n) is 4.54. The Morgan fingerprint density at radius 1 is 1.00 bits per heavy atom. The number of nitrogens with zero attached hydrogens (tertiary/aromatic N) is 1. The van der Waals surface area contributed by atoms with Gasteiger partial charge < -0.3 is 22.1 Å². The molecule has 0 aliphatic carbocycles. The number of nitrogen functional groups attached to an aromatic ring is 2. The Hall–Kier alpha value is -2.43. The Labute approximate surface area is 105 Å². The summed E-state index contributed by atoms with van der Waals surface area (Å²) in [5.41, 5.74) is 16.0. The van der Waals surface area contributed by atoms with Crippen molar-refractivity contribution < 1.29 is 4.57 Å². The number of hydrogen-bond donors (Lipinski definition) is 4. The van der Waals surface area contributed by atoms with E-state index in [0.29, 0.717) is 11.4 Å². The largest absolute Gasteiger partial charge is 0.397 e. The van der Waals surface area contributed by atoms with Crippen molar-refractivity contribution in [2.45, 2.75) is 13.2 Å². The van der Waals surface area contributed by atoms with Crippen LogP contribution in [0.4, 0.5) is 22.7 Å². The van der Waals surface area contributed by atoms with E-state index >= 15 is 0 Å². The topological polar surface area (TPSA) is 80.0 Å². The van der Waals surface area contributed by atoms with E-state index in [1.54, 1.807) is 0 Å². The van der Waals surface area contributed by atoms with Gasteiger partial charge in [0.2, 0.25) is 0 Å². The molecule has 1 aromatic heterocycles. The van der Waals surface area contributed by atoms with E-state index in [0.717, 1.165) is 11.4 Å². The number of anilines is 4. The van der Waals surface area contributed by atoms with Gasteiger partial charge in [0.1, 0.15) is 0 Å². The molecule has 1 aromatic carbocycles. The predicted molar refractivity (Wildman–Crippen MR) is 72.9 cm³/mol. The number of nitrogens with one attached hydrogen (secondary N) is 2. The molecule has 5 heteroatoms. The Bertz CT molecular complexity index is 560. The molecular formula is C13H16N5+. The zero-order valence-electron chi connectivity index (χ0n) is 10.1. The highest BCUT2D eigenvalue weighted by Gasteiger charge is 2.26. The van der Waals surface area contributed by atoms with Crippen LogP contribution >= 0.6 is 0 Å². The van der Waals surface area contributed by atoms with Gasteiger partial charge >= 0.3 is 6.29 Å². The highest BCUT2D eigenvalue weighted by atomic mass is 15.3. The van der Waals surface area contributed by atoms with Crippen molar-refractivity contribution in [3.05, 3.63) is 42.2 Å². The highest BCUT2D eigenvalue weighted by Crippen LogP contribution is 2.35. The molecule has 18 heavy (non-hydrogen) atoms. The summed E-state index contributed by atoms with van der Waals surface area (Å²) < 4.78 is 2.05. The third-order valence-electron chi connectivity index (χ3n) is 3.12. The first-order valence-corrected chi connectivity index (χ1v) is 5.83. The third kappa shape index (κ3) is 1.69. The van der Waals surface area contributed by atoms with Gasteiger partial charge in [-0.15, -0.1) is 0 Å². The third-order valence-corrected chi connectivity index (χ3v) is 3.12. The van der Waals surface area contributed by atoms with Crippen LogP contribution in [0.3, 0.4) is 0 Å². The molecule has 0 spiro atoms. The lowest BCUT2D eigenvalue weighted by molar-refractivity contribution is -0.710. The van der Waals surface area contributed by atoms with Gasteiger partial charge in [-0.25, -0.2) is 0 Å². The fourth-order valence-corrected chi connectivity index (χ4v) is 2.04. The Kier molecular flexibility index (Phi) is 2.26. The molecule has 0 atom stereocenters. The quantitative estimate of drug-likeness (QED) is 0.450. The molecule has 2 aromatic rings. The number of aryl methyl sites for hydroxylation is 1. The van der Waals surface area contributed by atoms with Crippen molar-refractivity contribution in [1.29, 1.82) is 0 Å². The van der Waals surface area contributed by atoms with Crippen LogP contribution in [-0.4, -0.2) is 0 Å². The lowest BCUT2D eigenvalue weighted by atomic mass is 10.2. The maximum Gasteiger partial charge on any atom is 0.311 e. The molecule has 92 valence electrons. The molecule has 0 fully saturated rings. The molecule has 6 N–H and O–H groups in total. The van der Waals surface area contributed by atoms with Gasteiger partial charge in [-0.3, -0.25) is 0 Å². The Morgan fingerprint density at radius 2 is 1.50 bits per heavy atom. The lowest BCUT2D eigenvalue weighted by Crippen LogP contribution is -2.45. The minimum atomic E-state index is -0.0122. The monoisotopic (exact) mass is 242 g/mol. The molecule has 0 amide bonds. The van der Waals surface area contributed by atoms with Crippen molar-refractivity contribution >= 4 is 22.7 Å². The van der Waals surface area contributed by atoms with Crippen LogP contribution in [0.1, 0.15) is 11.9 Å². The first-order chi connectivity index (χ1) is 8.63. The van der Waals surface area contributed by atoms with Crippen molar-refractivity contribution in [3.8, 4) is 0 Å². The summed E-state index contributed by atoms with van der Waals surface area (Å²) in [6, 6.07) is 7.84. The summed E-state index contributed by atoms with van der Waals surface area (Å²) >= 11 is 0. The Balaban J connectivity index is 1.91. The van der Waals surface area contributed by atoms with E-state index in [4.69, 9.17) is 11.5 Å². The molecule has 0 saturated heterocycles. The summed E-state index contributed by atoms with van der Waals surface area (Å²) in [4.78, 5) is 0. The van der Waals surface area contributed by atoms with E-state index < -0.39 is 0 Å². The average molecular weight is 242 g/mol. The summed E-state index contributed by atoms with van der Waals surface area (Å²) in [5, 5.41) is 6.71. The number of fused-ring (bicyclic) bond motifs is 1. The number of hydrogen-bond acceptors (Lipinski definition) is 4. The number of nitrogens with two attached hydrogens (primary N) is 2. The Morgan fingerprint density at radius 3 is 2.00 bits per heavy atom. The fourth-order valence-electron chi connectivity index (χ4n) is 2.04. The molecule has 0 saturated carbocycles. The molecule has 3 rings (SSSR count). The minimum absolute atomic E-state index is 0.0122. The van der Waals surface area contributed by atoms with Crippen LogP contribution in [0.5, 0.6) is 0 Å². The summed E-state index contributed by atoms with van der Waals surface area (Å²) in [7, 11) is 0. The van der Waals surface area contributed by atoms with E-state index in [1.807, 2.05) is 24.5 Å². The molecule has 0 unspecified atom stereocenters. The second kappa shape index (κ2) is 3.80. The number of rotatable bonds is 1. The van der Waals surface area contributed by atoms with Gasteiger partial charge in [-0.1, -0.05) is 0 Å². The normalized spacial score (nSPS) is 13.8. The average Bonchev–Trinajstić information content (AvgIpc) is 2.73. The van der Waals surface area contributed by atoms with E-state index in [1.165, 1.54) is 5.56 Å². The van der Waals surface area contributed by atoms with E-state index in [9.17, 15) is 0 Å². The molecule has 0 radical (unpaired) electrons. The van der Waals surface area contributed by atoms with Crippen LogP contribution in [0.15, 0.2) is 36.7 Å². The van der Waals surface area contributed by atoms with Gasteiger partial charge in [0.25, 0.3) is 0 Å². The molecule has 0 bridgehead atoms. The van der Waals surface area contributed by atoms with Gasteiger partial charge in [-0.2, -0.15) is 4.57 Å². The van der Waals surface area contributed by atoms with Crippen LogP contribution in [0.25, 0.3) is 0 Å². The van der Waals surface area contributed by atoms with Crippen LogP contribution in [-0.2, 0) is 0 Å². The van der Waals surface area contributed by atoms with Gasteiger partial charge in [-0.05, 0) is 24.6 Å². The summed E-state index contributed by atoms with van der Waals surface area (Å²) in [6.45, 7) is 2.07. The predicted octanol–water partition coefficient (Wildman–Crippen LogP) is 1.44. The molecule has 5 nitrogen and oxygen atoms in total. The van der Waals surface area contributed by atoms with Crippen molar-refractivity contribution in [1.82, 2.24) is 0 Å². The van der Waals surface area contributed by atoms with Gasteiger partial charge in [0, 0.05) is 12.1 Å². The van der Waals surface area contributed by atoms with Crippen LogP contribution in [0.2, 0.25) is 0 Å². The smallest absolute Gasteiger partial charge is 0.311 e. The maximum atomic E-state index is 5.80. The second-order valence-corrected chi connectivity index (χ2v) is 4.54. The van der Waals surface area contributed by atoms with E-state index in [2.05, 4.69) is 34.3 Å². The standard InChI is InChI=1S/C13H16N5/c1-8-2-4-18(5-3-8)13-16-11-6-9(14)10(15)7-12(11)17-13/h2-7,13,16-17H,14-15H2,1H3/q+1. The first kappa shape index (κ1) is 10.7. The molecule has 2 heterocycles. The van der Waals surface area contributed by atoms with Crippen LogP contribution in [0, 0.1) is 6.92 Å². The highest BCUT2D eigenvalue weighted by molar-refractivity contribution is 5.83. The van der Waals surface area contributed by atoms with Gasteiger partial charge in [0.15, 0.2) is 12.4 Å². The fraction of sp³-hybridized carbons (Fsp3) is 0.154.